The van der Waals surface area contributed by atoms with Crippen LogP contribution >= 0.6 is 0 Å². The second-order valence-electron chi connectivity index (χ2n) is 4.21. The third kappa shape index (κ3) is 5.03. The van der Waals surface area contributed by atoms with E-state index in [9.17, 15) is 9.18 Å². The highest BCUT2D eigenvalue weighted by Crippen LogP contribution is 2.28. The summed E-state index contributed by atoms with van der Waals surface area (Å²) in [5.41, 5.74) is 11.7. The minimum Gasteiger partial charge on any atom is -0.490 e. The molecule has 1 rings (SSSR count). The van der Waals surface area contributed by atoms with Crippen molar-refractivity contribution in [1.29, 1.82) is 0 Å². The fourth-order valence-electron chi connectivity index (χ4n) is 1.53. The molecule has 0 atom stereocenters. The zero-order valence-corrected chi connectivity index (χ0v) is 11.0. The lowest BCUT2D eigenvalue weighted by atomic mass is 10.2. The fraction of sp³-hybridized carbons (Fsp3) is 0.462. The first kappa shape index (κ1) is 15.1. The van der Waals surface area contributed by atoms with Crippen LogP contribution in [0.4, 0.5) is 15.8 Å². The number of carbonyl (C=O) groups is 1. The summed E-state index contributed by atoms with van der Waals surface area (Å²) in [7, 11) is 0. The number of carbonyl (C=O) groups excluding carboxylic acids is 1. The zero-order valence-electron chi connectivity index (χ0n) is 11.0. The third-order valence-electron chi connectivity index (χ3n) is 2.48. The molecule has 5 nitrogen and oxygen atoms in total. The quantitative estimate of drug-likeness (QED) is 0.496. The van der Waals surface area contributed by atoms with Crippen molar-refractivity contribution in [2.24, 2.45) is 5.73 Å². The Bertz CT molecular complexity index is 438. The number of hydrogen-bond acceptors (Lipinski definition) is 4. The summed E-state index contributed by atoms with van der Waals surface area (Å²) in [5, 5.41) is 3.03. The summed E-state index contributed by atoms with van der Waals surface area (Å²) in [6.07, 6.45) is 1.69. The number of amides is 1. The second kappa shape index (κ2) is 7.45. The van der Waals surface area contributed by atoms with Gasteiger partial charge in [0, 0.05) is 25.1 Å². The molecule has 0 unspecified atom stereocenters. The molecule has 0 bridgehead atoms. The van der Waals surface area contributed by atoms with E-state index < -0.39 is 5.82 Å². The Morgan fingerprint density at radius 2 is 2.21 bits per heavy atom. The van der Waals surface area contributed by atoms with Crippen LogP contribution in [0.1, 0.15) is 26.2 Å². The van der Waals surface area contributed by atoms with Gasteiger partial charge in [0.05, 0.1) is 18.0 Å². The van der Waals surface area contributed by atoms with Crippen LogP contribution in [0, 0.1) is 5.82 Å². The van der Waals surface area contributed by atoms with E-state index in [1.54, 1.807) is 0 Å². The van der Waals surface area contributed by atoms with Gasteiger partial charge in [-0.1, -0.05) is 6.92 Å². The van der Waals surface area contributed by atoms with Gasteiger partial charge in [0.25, 0.3) is 0 Å². The molecule has 106 valence electrons. The summed E-state index contributed by atoms with van der Waals surface area (Å²) in [4.78, 5) is 10.6. The van der Waals surface area contributed by atoms with E-state index in [0.717, 1.165) is 6.42 Å². The highest BCUT2D eigenvalue weighted by Gasteiger charge is 2.09. The Hall–Kier alpha value is -1.98. The van der Waals surface area contributed by atoms with Crippen LogP contribution in [0.15, 0.2) is 12.1 Å². The van der Waals surface area contributed by atoms with E-state index in [1.807, 2.05) is 6.92 Å². The van der Waals surface area contributed by atoms with Crippen LogP contribution in [-0.4, -0.2) is 19.1 Å². The molecule has 0 saturated heterocycles. The molecule has 1 aromatic rings. The van der Waals surface area contributed by atoms with Crippen LogP contribution in [0.3, 0.4) is 0 Å². The van der Waals surface area contributed by atoms with E-state index >= 15 is 0 Å². The predicted octanol–water partition coefficient (Wildman–Crippen LogP) is 1.87. The highest BCUT2D eigenvalue weighted by molar-refractivity contribution is 5.73. The number of primary amides is 1. The molecule has 0 heterocycles. The Morgan fingerprint density at radius 3 is 2.84 bits per heavy atom. The SMILES string of the molecule is CCCOc1cc(NCCCC(N)=O)c(N)cc1F. The lowest BCUT2D eigenvalue weighted by Gasteiger charge is -2.12. The summed E-state index contributed by atoms with van der Waals surface area (Å²) in [5.74, 6) is -0.650. The van der Waals surface area contributed by atoms with Crippen LogP contribution in [0.2, 0.25) is 0 Å². The first-order valence-corrected chi connectivity index (χ1v) is 6.28. The Labute approximate surface area is 112 Å². The number of nitrogens with two attached hydrogens (primary N) is 2. The maximum absolute atomic E-state index is 13.6. The number of halogens is 1. The van der Waals surface area contributed by atoms with Gasteiger partial charge in [0.1, 0.15) is 0 Å². The lowest BCUT2D eigenvalue weighted by Crippen LogP contribution is -2.13. The number of nitrogens with one attached hydrogen (secondary N) is 1. The molecule has 0 aliphatic carbocycles. The van der Waals surface area contributed by atoms with Crippen LogP contribution in [0.25, 0.3) is 0 Å². The molecule has 1 amide bonds. The average Bonchev–Trinajstić information content (AvgIpc) is 2.35. The molecule has 0 aliphatic rings. The van der Waals surface area contributed by atoms with Crippen molar-refractivity contribution in [3.8, 4) is 5.75 Å². The van der Waals surface area contributed by atoms with Gasteiger partial charge in [-0.15, -0.1) is 0 Å². The first-order valence-electron chi connectivity index (χ1n) is 6.28. The number of rotatable bonds is 8. The van der Waals surface area contributed by atoms with E-state index in [4.69, 9.17) is 16.2 Å². The Kier molecular flexibility index (Phi) is 5.92. The van der Waals surface area contributed by atoms with E-state index in [1.165, 1.54) is 12.1 Å². The molecular weight excluding hydrogens is 249 g/mol. The normalized spacial score (nSPS) is 10.2. The lowest BCUT2D eigenvalue weighted by molar-refractivity contribution is -0.118. The third-order valence-corrected chi connectivity index (χ3v) is 2.48. The molecule has 5 N–H and O–H groups in total. The minimum atomic E-state index is -0.478. The van der Waals surface area contributed by atoms with Crippen molar-refractivity contribution in [3.05, 3.63) is 17.9 Å². The van der Waals surface area contributed by atoms with E-state index in [0.29, 0.717) is 37.4 Å². The molecule has 0 radical (unpaired) electrons. The van der Waals surface area contributed by atoms with Gasteiger partial charge in [-0.25, -0.2) is 4.39 Å². The van der Waals surface area contributed by atoms with Gasteiger partial charge in [-0.05, 0) is 12.8 Å². The van der Waals surface area contributed by atoms with E-state index in [2.05, 4.69) is 5.32 Å². The first-order chi connectivity index (χ1) is 9.04. The number of benzene rings is 1. The molecule has 6 heteroatoms. The predicted molar refractivity (Wildman–Crippen MR) is 73.5 cm³/mol. The molecule has 0 spiro atoms. The van der Waals surface area contributed by atoms with Crippen molar-refractivity contribution in [2.75, 3.05) is 24.2 Å². The molecular formula is C13H20FN3O2. The summed E-state index contributed by atoms with van der Waals surface area (Å²) in [6, 6.07) is 2.76. The smallest absolute Gasteiger partial charge is 0.217 e. The van der Waals surface area contributed by atoms with E-state index in [-0.39, 0.29) is 11.7 Å². The Balaban J connectivity index is 2.63. The largest absolute Gasteiger partial charge is 0.490 e. The van der Waals surface area contributed by atoms with Crippen molar-refractivity contribution < 1.29 is 13.9 Å². The number of anilines is 2. The van der Waals surface area contributed by atoms with Crippen molar-refractivity contribution in [2.45, 2.75) is 26.2 Å². The van der Waals surface area contributed by atoms with Crippen LogP contribution < -0.4 is 21.5 Å². The summed E-state index contributed by atoms with van der Waals surface area (Å²) < 4.78 is 18.8. The van der Waals surface area contributed by atoms with Crippen molar-refractivity contribution in [1.82, 2.24) is 0 Å². The van der Waals surface area contributed by atoms with Gasteiger partial charge < -0.3 is 21.5 Å². The number of ether oxygens (including phenoxy) is 1. The van der Waals surface area contributed by atoms with Gasteiger partial charge in [-0.3, -0.25) is 4.79 Å². The number of nitrogen functional groups attached to an aromatic ring is 1. The molecule has 0 aliphatic heterocycles. The monoisotopic (exact) mass is 269 g/mol. The summed E-state index contributed by atoms with van der Waals surface area (Å²) >= 11 is 0. The van der Waals surface area contributed by atoms with Crippen molar-refractivity contribution in [3.63, 3.8) is 0 Å². The summed E-state index contributed by atoms with van der Waals surface area (Å²) in [6.45, 7) is 2.92. The fourth-order valence-corrected chi connectivity index (χ4v) is 1.53. The Morgan fingerprint density at radius 1 is 1.47 bits per heavy atom. The van der Waals surface area contributed by atoms with Gasteiger partial charge in [0.2, 0.25) is 5.91 Å². The standard InChI is InChI=1S/C13H20FN3O2/c1-2-6-19-12-8-11(10(15)7-9(12)14)17-5-3-4-13(16)18/h7-8,17H,2-6,15H2,1H3,(H2,16,18). The van der Waals surface area contributed by atoms with Gasteiger partial charge >= 0.3 is 0 Å². The van der Waals surface area contributed by atoms with Crippen LogP contribution in [0.5, 0.6) is 5.75 Å². The van der Waals surface area contributed by atoms with Gasteiger partial charge in [0.15, 0.2) is 11.6 Å². The van der Waals surface area contributed by atoms with Crippen LogP contribution in [-0.2, 0) is 4.79 Å². The van der Waals surface area contributed by atoms with Gasteiger partial charge in [-0.2, -0.15) is 0 Å². The minimum absolute atomic E-state index is 0.174. The molecule has 0 saturated carbocycles. The molecule has 1 aromatic carbocycles. The highest BCUT2D eigenvalue weighted by atomic mass is 19.1. The van der Waals surface area contributed by atoms with Crippen molar-refractivity contribution >= 4 is 17.3 Å². The topological polar surface area (TPSA) is 90.4 Å². The maximum Gasteiger partial charge on any atom is 0.217 e. The zero-order chi connectivity index (χ0) is 14.3. The molecule has 0 aromatic heterocycles. The molecule has 19 heavy (non-hydrogen) atoms. The molecule has 0 fully saturated rings. The number of hydrogen-bond donors (Lipinski definition) is 3. The average molecular weight is 269 g/mol. The maximum atomic E-state index is 13.6. The second-order valence-corrected chi connectivity index (χ2v) is 4.21.